The van der Waals surface area contributed by atoms with Crippen molar-refractivity contribution in [3.05, 3.63) is 101 Å². The number of benzene rings is 4. The lowest BCUT2D eigenvalue weighted by atomic mass is 9.96. The molecule has 0 radical (unpaired) electrons. The van der Waals surface area contributed by atoms with E-state index in [1.54, 1.807) is 0 Å². The molecule has 0 N–H and O–H groups in total. The topological polar surface area (TPSA) is 37.4 Å². The molecule has 0 spiro atoms. The van der Waals surface area contributed by atoms with Crippen molar-refractivity contribution < 1.29 is 9.59 Å². The molecular formula is C27H21NO2S. The zero-order valence-corrected chi connectivity index (χ0v) is 17.8. The monoisotopic (exact) mass is 423 g/mol. The minimum atomic E-state index is -0.194. The van der Waals surface area contributed by atoms with Crippen LogP contribution in [0.15, 0.2) is 89.8 Å². The summed E-state index contributed by atoms with van der Waals surface area (Å²) < 4.78 is 0. The maximum atomic E-state index is 13.1. The second-order valence-electron chi connectivity index (χ2n) is 7.66. The Kier molecular flexibility index (Phi) is 5.31. The molecule has 152 valence electrons. The summed E-state index contributed by atoms with van der Waals surface area (Å²) in [5, 5.41) is 4.21. The van der Waals surface area contributed by atoms with Crippen molar-refractivity contribution >= 4 is 50.5 Å². The molecule has 2 amide bonds. The fraction of sp³-hybridized carbons (Fsp3) is 0.111. The third kappa shape index (κ3) is 3.87. The van der Waals surface area contributed by atoms with Gasteiger partial charge < -0.3 is 0 Å². The van der Waals surface area contributed by atoms with Gasteiger partial charge in [-0.25, -0.2) is 0 Å². The van der Waals surface area contributed by atoms with E-state index in [0.717, 1.165) is 51.7 Å². The number of thioether (sulfide) groups is 1. The van der Waals surface area contributed by atoms with E-state index in [2.05, 4.69) is 42.5 Å². The zero-order chi connectivity index (χ0) is 21.2. The minimum Gasteiger partial charge on any atom is -0.268 e. The number of carbonyl (C=O) groups excluding carboxylic acids is 2. The number of aryl methyl sites for hydroxylation is 1. The van der Waals surface area contributed by atoms with Crippen LogP contribution in [0, 0.1) is 0 Å². The summed E-state index contributed by atoms with van der Waals surface area (Å²) in [5.74, 6) is -0.194. The summed E-state index contributed by atoms with van der Waals surface area (Å²) >= 11 is 1.04. The number of rotatable bonds is 5. The van der Waals surface area contributed by atoms with Crippen molar-refractivity contribution in [1.29, 1.82) is 0 Å². The Morgan fingerprint density at radius 2 is 1.39 bits per heavy atom. The van der Waals surface area contributed by atoms with Crippen molar-refractivity contribution in [2.24, 2.45) is 0 Å². The molecule has 1 aliphatic rings. The van der Waals surface area contributed by atoms with E-state index in [9.17, 15) is 9.59 Å². The lowest BCUT2D eigenvalue weighted by molar-refractivity contribution is -0.122. The van der Waals surface area contributed by atoms with Gasteiger partial charge >= 0.3 is 0 Å². The summed E-state index contributed by atoms with van der Waals surface area (Å²) in [6, 6.07) is 28.6. The number of fused-ring (bicyclic) bond motifs is 2. The maximum absolute atomic E-state index is 13.1. The molecule has 0 bridgehead atoms. The van der Waals surface area contributed by atoms with Gasteiger partial charge in [0.2, 0.25) is 0 Å². The number of hydrogen-bond acceptors (Lipinski definition) is 3. The van der Waals surface area contributed by atoms with E-state index >= 15 is 0 Å². The summed E-state index contributed by atoms with van der Waals surface area (Å²) in [4.78, 5) is 27.5. The van der Waals surface area contributed by atoms with E-state index in [0.29, 0.717) is 11.4 Å². The van der Waals surface area contributed by atoms with Gasteiger partial charge in [-0.05, 0) is 69.4 Å². The van der Waals surface area contributed by atoms with Gasteiger partial charge in [-0.1, -0.05) is 78.9 Å². The first-order valence-corrected chi connectivity index (χ1v) is 11.2. The highest BCUT2D eigenvalue weighted by Crippen LogP contribution is 2.36. The van der Waals surface area contributed by atoms with Crippen LogP contribution in [0.4, 0.5) is 4.79 Å². The standard InChI is InChI=1S/C27H21NO2S/c29-26-25(31-27(30)28(26)16-8-11-19-9-2-1-3-10-19)18-24-22-14-6-4-12-20(22)17-21-13-5-7-15-23(21)24/h1-7,9-10,12-15,17-18H,8,11,16H2/b25-18+. The summed E-state index contributed by atoms with van der Waals surface area (Å²) in [6.45, 7) is 0.438. The van der Waals surface area contributed by atoms with E-state index < -0.39 is 0 Å². The van der Waals surface area contributed by atoms with Crippen LogP contribution in [0.5, 0.6) is 0 Å². The second-order valence-corrected chi connectivity index (χ2v) is 8.65. The number of nitrogens with zero attached hydrogens (tertiary/aromatic N) is 1. The van der Waals surface area contributed by atoms with E-state index in [-0.39, 0.29) is 11.1 Å². The van der Waals surface area contributed by atoms with Crippen LogP contribution in [0.3, 0.4) is 0 Å². The molecule has 3 nitrogen and oxygen atoms in total. The van der Waals surface area contributed by atoms with Crippen molar-refractivity contribution in [2.75, 3.05) is 6.54 Å². The Bertz CT molecular complexity index is 1270. The van der Waals surface area contributed by atoms with Gasteiger partial charge in [-0.3, -0.25) is 14.5 Å². The number of amides is 2. The zero-order valence-electron chi connectivity index (χ0n) is 17.0. The lowest BCUT2D eigenvalue weighted by Gasteiger charge is -2.12. The molecule has 0 aromatic heterocycles. The van der Waals surface area contributed by atoms with Gasteiger partial charge in [0.25, 0.3) is 11.1 Å². The Morgan fingerprint density at radius 1 is 0.774 bits per heavy atom. The molecule has 0 unspecified atom stereocenters. The first kappa shape index (κ1) is 19.6. The maximum Gasteiger partial charge on any atom is 0.293 e. The molecule has 0 saturated carbocycles. The Hall–Kier alpha value is -3.37. The molecule has 31 heavy (non-hydrogen) atoms. The van der Waals surface area contributed by atoms with Crippen LogP contribution in [-0.4, -0.2) is 22.6 Å². The summed E-state index contributed by atoms with van der Waals surface area (Å²) in [5.41, 5.74) is 2.20. The molecular weight excluding hydrogens is 402 g/mol. The third-order valence-corrected chi connectivity index (χ3v) is 6.56. The Labute approximate surface area is 185 Å². The first-order valence-electron chi connectivity index (χ1n) is 10.4. The van der Waals surface area contributed by atoms with Crippen molar-refractivity contribution in [1.82, 2.24) is 4.90 Å². The highest BCUT2D eigenvalue weighted by molar-refractivity contribution is 8.18. The highest BCUT2D eigenvalue weighted by atomic mass is 32.2. The van der Waals surface area contributed by atoms with Gasteiger partial charge in [0, 0.05) is 6.54 Å². The smallest absolute Gasteiger partial charge is 0.268 e. The van der Waals surface area contributed by atoms with Crippen molar-refractivity contribution in [3.8, 4) is 0 Å². The van der Waals surface area contributed by atoms with Gasteiger partial charge in [0.05, 0.1) is 4.91 Å². The highest BCUT2D eigenvalue weighted by Gasteiger charge is 2.34. The van der Waals surface area contributed by atoms with Crippen molar-refractivity contribution in [2.45, 2.75) is 12.8 Å². The molecule has 1 aliphatic heterocycles. The van der Waals surface area contributed by atoms with Gasteiger partial charge in [-0.15, -0.1) is 0 Å². The molecule has 1 fully saturated rings. The van der Waals surface area contributed by atoms with Crippen LogP contribution in [0.25, 0.3) is 27.6 Å². The third-order valence-electron chi connectivity index (χ3n) is 5.65. The van der Waals surface area contributed by atoms with E-state index in [1.165, 1.54) is 10.5 Å². The molecule has 0 aliphatic carbocycles. The minimum absolute atomic E-state index is 0.186. The largest absolute Gasteiger partial charge is 0.293 e. The predicted molar refractivity (Wildman–Crippen MR) is 129 cm³/mol. The summed E-state index contributed by atoms with van der Waals surface area (Å²) in [6.07, 6.45) is 3.49. The quantitative estimate of drug-likeness (QED) is 0.266. The average Bonchev–Trinajstić information content (AvgIpc) is 3.07. The van der Waals surface area contributed by atoms with Crippen LogP contribution in [-0.2, 0) is 11.2 Å². The predicted octanol–water partition coefficient (Wildman–Crippen LogP) is 6.66. The molecule has 1 heterocycles. The van der Waals surface area contributed by atoms with Gasteiger partial charge in [0.1, 0.15) is 0 Å². The lowest BCUT2D eigenvalue weighted by Crippen LogP contribution is -2.29. The van der Waals surface area contributed by atoms with Gasteiger partial charge in [-0.2, -0.15) is 0 Å². The summed E-state index contributed by atoms with van der Waals surface area (Å²) in [7, 11) is 0. The molecule has 5 rings (SSSR count). The first-order chi connectivity index (χ1) is 15.2. The van der Waals surface area contributed by atoms with Crippen LogP contribution >= 0.6 is 11.8 Å². The van der Waals surface area contributed by atoms with Crippen LogP contribution in [0.1, 0.15) is 17.5 Å². The SMILES string of the molecule is O=C1S/C(=C/c2c3ccccc3cc3ccccc23)C(=O)N1CCCc1ccccc1. The Balaban J connectivity index is 1.45. The molecule has 1 saturated heterocycles. The van der Waals surface area contributed by atoms with Crippen LogP contribution < -0.4 is 0 Å². The van der Waals surface area contributed by atoms with E-state index in [4.69, 9.17) is 0 Å². The number of imide groups is 1. The van der Waals surface area contributed by atoms with Crippen molar-refractivity contribution in [3.63, 3.8) is 0 Å². The fourth-order valence-electron chi connectivity index (χ4n) is 4.11. The Morgan fingerprint density at radius 3 is 2.06 bits per heavy atom. The number of carbonyl (C=O) groups is 2. The molecule has 4 heteroatoms. The number of hydrogen-bond donors (Lipinski definition) is 0. The van der Waals surface area contributed by atoms with E-state index in [1.807, 2.05) is 48.5 Å². The normalized spacial score (nSPS) is 15.5. The second kappa shape index (κ2) is 8.40. The van der Waals surface area contributed by atoms with Gasteiger partial charge in [0.15, 0.2) is 0 Å². The molecule has 4 aromatic rings. The van der Waals surface area contributed by atoms with Crippen LogP contribution in [0.2, 0.25) is 0 Å². The average molecular weight is 424 g/mol. The fourth-order valence-corrected chi connectivity index (χ4v) is 4.96. The molecule has 0 atom stereocenters. The molecule has 4 aromatic carbocycles.